The number of ketones is 1. The lowest BCUT2D eigenvalue weighted by Gasteiger charge is -2.11. The number of hydrogen-bond acceptors (Lipinski definition) is 6. The maximum atomic E-state index is 12.6. The van der Waals surface area contributed by atoms with Gasteiger partial charge in [-0.05, 0) is 53.6 Å². The Morgan fingerprint density at radius 3 is 2.06 bits per heavy atom. The lowest BCUT2D eigenvalue weighted by atomic mass is 10.0. The quantitative estimate of drug-likeness (QED) is 0.138. The molecule has 0 heterocycles. The third-order valence-corrected chi connectivity index (χ3v) is 4.94. The molecule has 168 valence electrons. The molecular formula is C26H23NO6. The van der Waals surface area contributed by atoms with Crippen molar-refractivity contribution in [1.82, 2.24) is 0 Å². The zero-order valence-corrected chi connectivity index (χ0v) is 18.5. The Morgan fingerprint density at radius 1 is 0.818 bits per heavy atom. The summed E-state index contributed by atoms with van der Waals surface area (Å²) < 4.78 is 16.1. The first-order valence-electron chi connectivity index (χ1n) is 10.00. The van der Waals surface area contributed by atoms with E-state index >= 15 is 0 Å². The average molecular weight is 445 g/mol. The summed E-state index contributed by atoms with van der Waals surface area (Å²) in [7, 11) is 4.73. The van der Waals surface area contributed by atoms with Crippen LogP contribution in [0.1, 0.15) is 27.0 Å². The number of hydrogen-bond donors (Lipinski definition) is 0. The fourth-order valence-electron chi connectivity index (χ4n) is 3.13. The summed E-state index contributed by atoms with van der Waals surface area (Å²) in [6, 6.07) is 16.7. The van der Waals surface area contributed by atoms with Crippen molar-refractivity contribution in [3.05, 3.63) is 99.1 Å². The van der Waals surface area contributed by atoms with Crippen molar-refractivity contribution < 1.29 is 23.9 Å². The zero-order chi connectivity index (χ0) is 23.8. The third kappa shape index (κ3) is 5.86. The Kier molecular flexibility index (Phi) is 7.60. The van der Waals surface area contributed by atoms with Crippen LogP contribution in [0.3, 0.4) is 0 Å². The van der Waals surface area contributed by atoms with Gasteiger partial charge in [0.2, 0.25) is 0 Å². The summed E-state index contributed by atoms with van der Waals surface area (Å²) >= 11 is 0. The smallest absolute Gasteiger partial charge is 0.269 e. The molecule has 0 atom stereocenters. The number of allylic oxidation sites excluding steroid dienone is 1. The van der Waals surface area contributed by atoms with Gasteiger partial charge in [-0.1, -0.05) is 24.3 Å². The molecule has 0 N–H and O–H groups in total. The molecule has 33 heavy (non-hydrogen) atoms. The van der Waals surface area contributed by atoms with Crippen LogP contribution in [-0.2, 0) is 0 Å². The van der Waals surface area contributed by atoms with Gasteiger partial charge < -0.3 is 14.2 Å². The zero-order valence-electron chi connectivity index (χ0n) is 18.5. The summed E-state index contributed by atoms with van der Waals surface area (Å²) in [4.78, 5) is 22.9. The van der Waals surface area contributed by atoms with Crippen molar-refractivity contribution in [3.63, 3.8) is 0 Å². The molecule has 3 rings (SSSR count). The third-order valence-electron chi connectivity index (χ3n) is 4.94. The molecular weight excluding hydrogens is 422 g/mol. The Labute approximate surface area is 191 Å². The van der Waals surface area contributed by atoms with Gasteiger partial charge in [0, 0.05) is 29.3 Å². The molecule has 0 fully saturated rings. The monoisotopic (exact) mass is 445 g/mol. The highest BCUT2D eigenvalue weighted by molar-refractivity contribution is 6.07. The van der Waals surface area contributed by atoms with E-state index in [1.54, 1.807) is 33.5 Å². The highest BCUT2D eigenvalue weighted by atomic mass is 16.6. The number of nitro groups is 1. The standard InChI is InChI=1S/C26H23NO6/c1-31-22-12-5-18(6-13-22)4-7-20-16-23(32-2)17-26(33-3)24(20)14-15-25(28)19-8-10-21(11-9-19)27(29)30/h4-17H,1-3H3/b7-4+,15-14+. The van der Waals surface area contributed by atoms with Crippen molar-refractivity contribution in [2.24, 2.45) is 0 Å². The fourth-order valence-corrected chi connectivity index (χ4v) is 3.13. The SMILES string of the molecule is COc1ccc(/C=C/c2cc(OC)cc(OC)c2/C=C/C(=O)c2ccc([N+](=O)[O-])cc2)cc1. The molecule has 0 spiro atoms. The van der Waals surface area contributed by atoms with E-state index in [9.17, 15) is 14.9 Å². The molecule has 7 heteroatoms. The van der Waals surface area contributed by atoms with Gasteiger partial charge in [-0.3, -0.25) is 14.9 Å². The minimum atomic E-state index is -0.506. The van der Waals surface area contributed by atoms with Gasteiger partial charge in [-0.25, -0.2) is 0 Å². The highest BCUT2D eigenvalue weighted by Crippen LogP contribution is 2.31. The molecule has 0 saturated carbocycles. The minimum absolute atomic E-state index is 0.0710. The number of ether oxygens (including phenoxy) is 3. The van der Waals surface area contributed by atoms with Crippen molar-refractivity contribution in [2.75, 3.05) is 21.3 Å². The maximum Gasteiger partial charge on any atom is 0.269 e. The molecule has 0 aliphatic heterocycles. The van der Waals surface area contributed by atoms with Gasteiger partial charge >= 0.3 is 0 Å². The highest BCUT2D eigenvalue weighted by Gasteiger charge is 2.11. The number of methoxy groups -OCH3 is 3. The summed E-state index contributed by atoms with van der Waals surface area (Å²) in [6.07, 6.45) is 6.91. The maximum absolute atomic E-state index is 12.6. The summed E-state index contributed by atoms with van der Waals surface area (Å²) in [5, 5.41) is 10.8. The molecule has 7 nitrogen and oxygen atoms in total. The molecule has 0 saturated heterocycles. The van der Waals surface area contributed by atoms with Crippen LogP contribution in [0.4, 0.5) is 5.69 Å². The van der Waals surface area contributed by atoms with E-state index in [0.717, 1.165) is 16.9 Å². The number of nitro benzene ring substituents is 1. The van der Waals surface area contributed by atoms with Crippen LogP contribution in [-0.4, -0.2) is 32.0 Å². The molecule has 0 radical (unpaired) electrons. The van der Waals surface area contributed by atoms with Crippen molar-refractivity contribution >= 4 is 29.7 Å². The predicted octanol–water partition coefficient (Wildman–Crippen LogP) is 5.69. The Bertz CT molecular complexity index is 1190. The molecule has 3 aromatic rings. The van der Waals surface area contributed by atoms with Crippen LogP contribution in [0.5, 0.6) is 17.2 Å². The Morgan fingerprint density at radius 2 is 1.48 bits per heavy atom. The van der Waals surface area contributed by atoms with Crippen LogP contribution in [0.2, 0.25) is 0 Å². The average Bonchev–Trinajstić information content (AvgIpc) is 2.86. The van der Waals surface area contributed by atoms with Crippen molar-refractivity contribution in [2.45, 2.75) is 0 Å². The second-order valence-electron chi connectivity index (χ2n) is 6.94. The molecule has 0 amide bonds. The number of benzene rings is 3. The molecule has 3 aromatic carbocycles. The van der Waals surface area contributed by atoms with E-state index in [1.807, 2.05) is 42.5 Å². The summed E-state index contributed by atoms with van der Waals surface area (Å²) in [5.74, 6) is 1.63. The van der Waals surface area contributed by atoms with Crippen molar-refractivity contribution in [3.8, 4) is 17.2 Å². The molecule has 0 aliphatic rings. The lowest BCUT2D eigenvalue weighted by molar-refractivity contribution is -0.384. The second kappa shape index (κ2) is 10.8. The molecule has 0 unspecified atom stereocenters. The number of carbonyl (C=O) groups excluding carboxylic acids is 1. The second-order valence-corrected chi connectivity index (χ2v) is 6.94. The first-order chi connectivity index (χ1) is 15.9. The number of non-ortho nitro benzene ring substituents is 1. The Balaban J connectivity index is 1.94. The van der Waals surface area contributed by atoms with Crippen LogP contribution in [0, 0.1) is 10.1 Å². The van der Waals surface area contributed by atoms with Crippen LogP contribution in [0.15, 0.2) is 66.7 Å². The molecule has 0 bridgehead atoms. The van der Waals surface area contributed by atoms with E-state index in [4.69, 9.17) is 14.2 Å². The molecule has 0 aromatic heterocycles. The minimum Gasteiger partial charge on any atom is -0.497 e. The van der Waals surface area contributed by atoms with Crippen LogP contribution < -0.4 is 14.2 Å². The van der Waals surface area contributed by atoms with Gasteiger partial charge in [0.15, 0.2) is 5.78 Å². The summed E-state index contributed by atoms with van der Waals surface area (Å²) in [5.41, 5.74) is 2.72. The van der Waals surface area contributed by atoms with Gasteiger partial charge in [0.1, 0.15) is 17.2 Å². The number of rotatable bonds is 9. The first-order valence-corrected chi connectivity index (χ1v) is 10.00. The van der Waals surface area contributed by atoms with E-state index in [1.165, 1.54) is 30.3 Å². The summed E-state index contributed by atoms with van der Waals surface area (Å²) in [6.45, 7) is 0. The van der Waals surface area contributed by atoms with Crippen molar-refractivity contribution in [1.29, 1.82) is 0 Å². The lowest BCUT2D eigenvalue weighted by Crippen LogP contribution is -1.97. The first kappa shape index (κ1) is 23.3. The van der Waals surface area contributed by atoms with Gasteiger partial charge in [-0.2, -0.15) is 0 Å². The molecule has 0 aliphatic carbocycles. The topological polar surface area (TPSA) is 87.9 Å². The fraction of sp³-hybridized carbons (Fsp3) is 0.115. The predicted molar refractivity (Wildman–Crippen MR) is 128 cm³/mol. The van der Waals surface area contributed by atoms with E-state index in [-0.39, 0.29) is 11.5 Å². The largest absolute Gasteiger partial charge is 0.497 e. The van der Waals surface area contributed by atoms with Gasteiger partial charge in [-0.15, -0.1) is 0 Å². The van der Waals surface area contributed by atoms with E-state index < -0.39 is 4.92 Å². The normalized spacial score (nSPS) is 11.0. The van der Waals surface area contributed by atoms with E-state index in [2.05, 4.69) is 0 Å². The van der Waals surface area contributed by atoms with Gasteiger partial charge in [0.05, 0.1) is 26.3 Å². The number of carbonyl (C=O) groups is 1. The van der Waals surface area contributed by atoms with Crippen LogP contribution >= 0.6 is 0 Å². The van der Waals surface area contributed by atoms with Crippen LogP contribution in [0.25, 0.3) is 18.2 Å². The van der Waals surface area contributed by atoms with Gasteiger partial charge in [0.25, 0.3) is 5.69 Å². The number of nitrogens with zero attached hydrogens (tertiary/aromatic N) is 1. The van der Waals surface area contributed by atoms with E-state index in [0.29, 0.717) is 22.6 Å². The Hall–Kier alpha value is -4.39.